The highest BCUT2D eigenvalue weighted by atomic mass is 16.6. The van der Waals surface area contributed by atoms with Crippen LogP contribution in [0.25, 0.3) is 5.69 Å². The number of ether oxygens (including phenoxy) is 1. The fraction of sp³-hybridized carbons (Fsp3) is 0.111. The Kier molecular flexibility index (Phi) is 3.72. The monoisotopic (exact) mass is 320 g/mol. The van der Waals surface area contributed by atoms with Gasteiger partial charge in [-0.05, 0) is 24.3 Å². The third-order valence-corrected chi connectivity index (χ3v) is 3.84. The van der Waals surface area contributed by atoms with Crippen molar-refractivity contribution in [2.75, 3.05) is 5.32 Å². The molecule has 120 valence electrons. The molecule has 1 amide bonds. The number of carbonyl (C=O) groups excluding carboxylic acids is 1. The number of benzene rings is 2. The number of nitrogens with zero attached hydrogens (tertiary/aromatic N) is 2. The summed E-state index contributed by atoms with van der Waals surface area (Å²) < 4.78 is 7.07. The summed E-state index contributed by atoms with van der Waals surface area (Å²) in [5.41, 5.74) is 2.82. The summed E-state index contributed by atoms with van der Waals surface area (Å²) in [5, 5.41) is 10.7. The van der Waals surface area contributed by atoms with Crippen molar-refractivity contribution in [3.8, 4) is 11.4 Å². The van der Waals surface area contributed by atoms with Gasteiger partial charge in [0.25, 0.3) is 0 Å². The van der Waals surface area contributed by atoms with Gasteiger partial charge in [0.1, 0.15) is 11.6 Å². The van der Waals surface area contributed by atoms with Gasteiger partial charge in [0, 0.05) is 18.7 Å². The first-order valence-corrected chi connectivity index (χ1v) is 7.72. The third kappa shape index (κ3) is 2.75. The van der Waals surface area contributed by atoms with Crippen LogP contribution in [0, 0.1) is 0 Å². The lowest BCUT2D eigenvalue weighted by molar-refractivity contribution is 0.215. The van der Waals surface area contributed by atoms with Crippen molar-refractivity contribution >= 4 is 11.9 Å². The number of para-hydroxylation sites is 2. The lowest BCUT2D eigenvalue weighted by atomic mass is 10.2. The second-order valence-electron chi connectivity index (χ2n) is 5.45. The Hall–Kier alpha value is -3.12. The first-order valence-electron chi connectivity index (χ1n) is 7.72. The molecule has 0 bridgehead atoms. The molecule has 3 aromatic rings. The number of aromatic nitrogens is 2. The zero-order valence-corrected chi connectivity index (χ0v) is 12.9. The summed E-state index contributed by atoms with van der Waals surface area (Å²) in [7, 11) is 0. The Morgan fingerprint density at radius 2 is 1.75 bits per heavy atom. The van der Waals surface area contributed by atoms with E-state index in [1.807, 2.05) is 48.5 Å². The molecule has 0 spiro atoms. The van der Waals surface area contributed by atoms with Crippen LogP contribution in [0.15, 0.2) is 60.7 Å². The minimum Gasteiger partial charge on any atom is -0.410 e. The maximum absolute atomic E-state index is 12.3. The van der Waals surface area contributed by atoms with E-state index in [1.54, 1.807) is 16.8 Å². The van der Waals surface area contributed by atoms with Gasteiger partial charge in [0.2, 0.25) is 0 Å². The fourth-order valence-corrected chi connectivity index (χ4v) is 2.73. The van der Waals surface area contributed by atoms with E-state index in [0.29, 0.717) is 24.7 Å². The summed E-state index contributed by atoms with van der Waals surface area (Å²) in [6, 6.07) is 18.7. The molecular formula is C18H16N4O2. The van der Waals surface area contributed by atoms with Gasteiger partial charge < -0.3 is 10.1 Å². The van der Waals surface area contributed by atoms with Gasteiger partial charge in [-0.2, -0.15) is 5.10 Å². The van der Waals surface area contributed by atoms with Crippen LogP contribution in [-0.2, 0) is 13.1 Å². The zero-order valence-electron chi connectivity index (χ0n) is 12.9. The second kappa shape index (κ2) is 6.17. The van der Waals surface area contributed by atoms with Gasteiger partial charge in [-0.1, -0.05) is 36.4 Å². The van der Waals surface area contributed by atoms with Crippen molar-refractivity contribution in [1.29, 1.82) is 0 Å². The minimum absolute atomic E-state index is 0.496. The van der Waals surface area contributed by atoms with Crippen molar-refractivity contribution in [2.45, 2.75) is 13.1 Å². The second-order valence-corrected chi connectivity index (χ2v) is 5.45. The standard InChI is InChI=1S/C18H16N4O2/c23-18(24-14-9-5-2-6-10-14)20-17-15-11-19-12-16(15)21-22(17)13-7-3-1-4-8-13/h1-10,19H,11-12H2,(H,20,23). The van der Waals surface area contributed by atoms with Crippen molar-refractivity contribution in [3.63, 3.8) is 0 Å². The summed E-state index contributed by atoms with van der Waals surface area (Å²) in [5.74, 6) is 1.14. The maximum Gasteiger partial charge on any atom is 0.418 e. The van der Waals surface area contributed by atoms with Crippen LogP contribution in [0.1, 0.15) is 11.3 Å². The molecule has 0 atom stereocenters. The summed E-state index contributed by atoms with van der Waals surface area (Å²) >= 11 is 0. The Balaban J connectivity index is 1.63. The minimum atomic E-state index is -0.534. The molecule has 1 aromatic heterocycles. The Labute approximate surface area is 139 Å². The number of fused-ring (bicyclic) bond motifs is 1. The van der Waals surface area contributed by atoms with Crippen LogP contribution in [0.5, 0.6) is 5.75 Å². The first-order chi connectivity index (χ1) is 11.8. The van der Waals surface area contributed by atoms with E-state index in [1.165, 1.54) is 0 Å². The number of hydrogen-bond acceptors (Lipinski definition) is 4. The molecule has 2 aromatic carbocycles. The number of hydrogen-bond donors (Lipinski definition) is 2. The normalized spacial score (nSPS) is 12.7. The summed E-state index contributed by atoms with van der Waals surface area (Å²) in [6.07, 6.45) is -0.534. The Morgan fingerprint density at radius 3 is 2.50 bits per heavy atom. The van der Waals surface area contributed by atoms with E-state index >= 15 is 0 Å². The van der Waals surface area contributed by atoms with Crippen LogP contribution >= 0.6 is 0 Å². The predicted molar refractivity (Wildman–Crippen MR) is 90.2 cm³/mol. The molecule has 0 saturated heterocycles. The molecule has 0 radical (unpaired) electrons. The van der Waals surface area contributed by atoms with E-state index in [-0.39, 0.29) is 0 Å². The van der Waals surface area contributed by atoms with Crippen LogP contribution in [-0.4, -0.2) is 15.9 Å². The predicted octanol–water partition coefficient (Wildman–Crippen LogP) is 3.09. The Bertz CT molecular complexity index is 859. The molecule has 0 aliphatic carbocycles. The number of rotatable bonds is 3. The highest BCUT2D eigenvalue weighted by Crippen LogP contribution is 2.27. The van der Waals surface area contributed by atoms with Crippen molar-refractivity contribution in [1.82, 2.24) is 15.1 Å². The molecular weight excluding hydrogens is 304 g/mol. The lowest BCUT2D eigenvalue weighted by Crippen LogP contribution is -2.20. The van der Waals surface area contributed by atoms with Crippen molar-refractivity contribution in [3.05, 3.63) is 71.9 Å². The van der Waals surface area contributed by atoms with E-state index in [9.17, 15) is 4.79 Å². The van der Waals surface area contributed by atoms with E-state index in [0.717, 1.165) is 16.9 Å². The van der Waals surface area contributed by atoms with Crippen LogP contribution in [0.3, 0.4) is 0 Å². The van der Waals surface area contributed by atoms with Gasteiger partial charge in [0.15, 0.2) is 0 Å². The van der Waals surface area contributed by atoms with E-state index < -0.39 is 6.09 Å². The molecule has 0 unspecified atom stereocenters. The average molecular weight is 320 g/mol. The molecule has 6 nitrogen and oxygen atoms in total. The molecule has 1 aliphatic heterocycles. The van der Waals surface area contributed by atoms with E-state index in [2.05, 4.69) is 15.7 Å². The maximum atomic E-state index is 12.3. The quantitative estimate of drug-likeness (QED) is 0.778. The number of anilines is 1. The van der Waals surface area contributed by atoms with Crippen molar-refractivity contribution in [2.24, 2.45) is 0 Å². The fourth-order valence-electron chi connectivity index (χ4n) is 2.73. The van der Waals surface area contributed by atoms with Crippen LogP contribution in [0.4, 0.5) is 10.6 Å². The molecule has 4 rings (SSSR count). The van der Waals surface area contributed by atoms with Gasteiger partial charge in [-0.25, -0.2) is 9.48 Å². The highest BCUT2D eigenvalue weighted by Gasteiger charge is 2.24. The number of amides is 1. The van der Waals surface area contributed by atoms with Crippen molar-refractivity contribution < 1.29 is 9.53 Å². The molecule has 24 heavy (non-hydrogen) atoms. The van der Waals surface area contributed by atoms with Gasteiger partial charge in [0.05, 0.1) is 11.4 Å². The largest absolute Gasteiger partial charge is 0.418 e. The average Bonchev–Trinajstić information content (AvgIpc) is 3.19. The molecule has 6 heteroatoms. The lowest BCUT2D eigenvalue weighted by Gasteiger charge is -2.11. The zero-order chi connectivity index (χ0) is 16.4. The van der Waals surface area contributed by atoms with Gasteiger partial charge in [-0.15, -0.1) is 0 Å². The molecule has 2 N–H and O–H groups in total. The Morgan fingerprint density at radius 1 is 1.04 bits per heavy atom. The SMILES string of the molecule is O=C(Nc1c2c(nn1-c1ccccc1)CNC2)Oc1ccccc1. The molecule has 1 aliphatic rings. The smallest absolute Gasteiger partial charge is 0.410 e. The number of nitrogens with one attached hydrogen (secondary N) is 2. The molecule has 0 fully saturated rings. The van der Waals surface area contributed by atoms with E-state index in [4.69, 9.17) is 4.74 Å². The topological polar surface area (TPSA) is 68.2 Å². The third-order valence-electron chi connectivity index (χ3n) is 3.84. The highest BCUT2D eigenvalue weighted by molar-refractivity contribution is 5.87. The summed E-state index contributed by atoms with van der Waals surface area (Å²) in [4.78, 5) is 12.3. The first kappa shape index (κ1) is 14.5. The molecule has 2 heterocycles. The molecule has 0 saturated carbocycles. The van der Waals surface area contributed by atoms with Gasteiger partial charge in [-0.3, -0.25) is 5.32 Å². The number of carbonyl (C=O) groups is 1. The van der Waals surface area contributed by atoms with Crippen LogP contribution < -0.4 is 15.4 Å². The summed E-state index contributed by atoms with van der Waals surface area (Å²) in [6.45, 7) is 1.36. The van der Waals surface area contributed by atoms with Crippen LogP contribution in [0.2, 0.25) is 0 Å². The van der Waals surface area contributed by atoms with Gasteiger partial charge >= 0.3 is 6.09 Å².